The van der Waals surface area contributed by atoms with Gasteiger partial charge in [0.25, 0.3) is 0 Å². The number of carbonyl (C=O) groups is 1. The molecule has 1 fully saturated rings. The van der Waals surface area contributed by atoms with Crippen LogP contribution < -0.4 is 0 Å². The van der Waals surface area contributed by atoms with Crippen LogP contribution in [-0.4, -0.2) is 21.5 Å². The van der Waals surface area contributed by atoms with Crippen LogP contribution in [0.4, 0.5) is 4.39 Å². The Morgan fingerprint density at radius 1 is 1.17 bits per heavy atom. The van der Waals surface area contributed by atoms with Crippen LogP contribution in [0.3, 0.4) is 0 Å². The molecule has 2 atom stereocenters. The van der Waals surface area contributed by atoms with E-state index in [4.69, 9.17) is 16.9 Å². The number of benzene rings is 1. The highest BCUT2D eigenvalue weighted by Gasteiger charge is 2.24. The summed E-state index contributed by atoms with van der Waals surface area (Å²) in [6, 6.07) is 11.0. The molecule has 6 heteroatoms. The van der Waals surface area contributed by atoms with Crippen LogP contribution in [0.2, 0.25) is 5.02 Å². The van der Waals surface area contributed by atoms with Gasteiger partial charge in [0.15, 0.2) is 5.78 Å². The standard InChI is InChI=1S/C23H21ClFN3O/c24-21-14-28(19-9-5-15(12-26)6-10-19)23-20(21)11-17(13-27-23)22(29)16-3-1-2-4-18(25)8-7-16/h5-6,9-11,13-14,16,18H,1-4,7-8H2. The average molecular weight is 410 g/mol. The summed E-state index contributed by atoms with van der Waals surface area (Å²) in [7, 11) is 0. The normalized spacial score (nSPS) is 20.0. The Hall–Kier alpha value is -2.71. The maximum atomic E-state index is 13.8. The topological polar surface area (TPSA) is 58.7 Å². The van der Waals surface area contributed by atoms with Crippen molar-refractivity contribution in [2.75, 3.05) is 0 Å². The maximum absolute atomic E-state index is 13.8. The smallest absolute Gasteiger partial charge is 0.167 e. The van der Waals surface area contributed by atoms with Gasteiger partial charge in [-0.15, -0.1) is 0 Å². The largest absolute Gasteiger partial charge is 0.300 e. The Bertz CT molecular complexity index is 1080. The number of nitriles is 1. The number of hydrogen-bond acceptors (Lipinski definition) is 3. The summed E-state index contributed by atoms with van der Waals surface area (Å²) in [5.74, 6) is -0.136. The van der Waals surface area contributed by atoms with Gasteiger partial charge in [-0.25, -0.2) is 9.37 Å². The number of hydrogen-bond donors (Lipinski definition) is 0. The van der Waals surface area contributed by atoms with E-state index in [1.165, 1.54) is 0 Å². The molecule has 1 saturated carbocycles. The lowest BCUT2D eigenvalue weighted by Gasteiger charge is -2.20. The van der Waals surface area contributed by atoms with Crippen molar-refractivity contribution in [3.05, 3.63) is 58.9 Å². The molecule has 1 aliphatic rings. The predicted molar refractivity (Wildman–Crippen MR) is 111 cm³/mol. The number of nitrogens with zero attached hydrogens (tertiary/aromatic N) is 3. The Kier molecular flexibility index (Phi) is 5.64. The summed E-state index contributed by atoms with van der Waals surface area (Å²) in [5, 5.41) is 10.2. The van der Waals surface area contributed by atoms with Crippen molar-refractivity contribution in [1.29, 1.82) is 5.26 Å². The van der Waals surface area contributed by atoms with Gasteiger partial charge in [0.05, 0.1) is 16.7 Å². The molecule has 0 spiro atoms. The highest BCUT2D eigenvalue weighted by Crippen LogP contribution is 2.31. The first kappa shape index (κ1) is 19.6. The monoisotopic (exact) mass is 409 g/mol. The van der Waals surface area contributed by atoms with Crippen molar-refractivity contribution in [3.8, 4) is 11.8 Å². The lowest BCUT2D eigenvalue weighted by Crippen LogP contribution is -2.19. The molecular formula is C23H21ClFN3O. The molecule has 3 aromatic rings. The van der Waals surface area contributed by atoms with E-state index >= 15 is 0 Å². The zero-order valence-corrected chi connectivity index (χ0v) is 16.7. The van der Waals surface area contributed by atoms with Crippen LogP contribution in [0.25, 0.3) is 16.7 Å². The molecule has 4 nitrogen and oxygen atoms in total. The quantitative estimate of drug-likeness (QED) is 0.495. The molecule has 29 heavy (non-hydrogen) atoms. The molecule has 2 aromatic heterocycles. The summed E-state index contributed by atoms with van der Waals surface area (Å²) >= 11 is 6.44. The van der Waals surface area contributed by atoms with Gasteiger partial charge in [0, 0.05) is 34.9 Å². The highest BCUT2D eigenvalue weighted by atomic mass is 35.5. The summed E-state index contributed by atoms with van der Waals surface area (Å²) in [5.41, 5.74) is 2.59. The molecule has 0 aliphatic heterocycles. The first-order valence-corrected chi connectivity index (χ1v) is 10.3. The van der Waals surface area contributed by atoms with E-state index < -0.39 is 6.17 Å². The first-order valence-electron chi connectivity index (χ1n) is 9.92. The molecular weight excluding hydrogens is 389 g/mol. The summed E-state index contributed by atoms with van der Waals surface area (Å²) in [6.45, 7) is 0. The second-order valence-electron chi connectivity index (χ2n) is 7.62. The van der Waals surface area contributed by atoms with E-state index in [0.717, 1.165) is 24.9 Å². The summed E-state index contributed by atoms with van der Waals surface area (Å²) in [6.07, 6.45) is 6.69. The molecule has 2 heterocycles. The van der Waals surface area contributed by atoms with Crippen LogP contribution in [0, 0.1) is 17.2 Å². The molecule has 0 amide bonds. The third-order valence-electron chi connectivity index (χ3n) is 5.67. The van der Waals surface area contributed by atoms with E-state index in [9.17, 15) is 9.18 Å². The van der Waals surface area contributed by atoms with Crippen LogP contribution in [-0.2, 0) is 0 Å². The average Bonchev–Trinajstić information content (AvgIpc) is 3.07. The van der Waals surface area contributed by atoms with Crippen LogP contribution in [0.15, 0.2) is 42.7 Å². The second kappa shape index (κ2) is 8.34. The van der Waals surface area contributed by atoms with Gasteiger partial charge >= 0.3 is 0 Å². The van der Waals surface area contributed by atoms with Crippen molar-refractivity contribution in [3.63, 3.8) is 0 Å². The fourth-order valence-electron chi connectivity index (χ4n) is 4.02. The predicted octanol–water partition coefficient (Wildman–Crippen LogP) is 6.04. The number of carbonyl (C=O) groups excluding carboxylic acids is 1. The summed E-state index contributed by atoms with van der Waals surface area (Å²) < 4.78 is 15.6. The van der Waals surface area contributed by atoms with Crippen LogP contribution in [0.5, 0.6) is 0 Å². The minimum Gasteiger partial charge on any atom is -0.300 e. The van der Waals surface area contributed by atoms with Gasteiger partial charge in [-0.2, -0.15) is 5.26 Å². The third kappa shape index (κ3) is 4.04. The Balaban J connectivity index is 1.65. The zero-order valence-electron chi connectivity index (χ0n) is 15.9. The Morgan fingerprint density at radius 3 is 2.69 bits per heavy atom. The van der Waals surface area contributed by atoms with Crippen LogP contribution in [0.1, 0.15) is 54.4 Å². The Morgan fingerprint density at radius 2 is 1.93 bits per heavy atom. The first-order chi connectivity index (χ1) is 14.1. The number of aromatic nitrogens is 2. The number of fused-ring (bicyclic) bond motifs is 1. The molecule has 1 aliphatic carbocycles. The van der Waals surface area contributed by atoms with Gasteiger partial charge in [0.2, 0.25) is 0 Å². The van der Waals surface area contributed by atoms with Gasteiger partial charge in [-0.3, -0.25) is 9.36 Å². The lowest BCUT2D eigenvalue weighted by atomic mass is 9.85. The second-order valence-corrected chi connectivity index (χ2v) is 8.03. The van der Waals surface area contributed by atoms with Crippen molar-refractivity contribution in [2.45, 2.75) is 44.7 Å². The van der Waals surface area contributed by atoms with Gasteiger partial charge < -0.3 is 0 Å². The minimum absolute atomic E-state index is 0.0238. The molecule has 0 radical (unpaired) electrons. The van der Waals surface area contributed by atoms with E-state index in [0.29, 0.717) is 46.4 Å². The van der Waals surface area contributed by atoms with Crippen molar-refractivity contribution in [1.82, 2.24) is 9.55 Å². The maximum Gasteiger partial charge on any atom is 0.167 e. The Labute approximate surface area is 173 Å². The van der Waals surface area contributed by atoms with E-state index in [1.54, 1.807) is 30.6 Å². The molecule has 4 rings (SSSR count). The van der Waals surface area contributed by atoms with Crippen molar-refractivity contribution >= 4 is 28.4 Å². The molecule has 148 valence electrons. The zero-order chi connectivity index (χ0) is 20.4. The van der Waals surface area contributed by atoms with Crippen LogP contribution >= 0.6 is 11.6 Å². The molecule has 0 bridgehead atoms. The molecule has 2 unspecified atom stereocenters. The molecule has 1 aromatic carbocycles. The third-order valence-corrected chi connectivity index (χ3v) is 5.97. The highest BCUT2D eigenvalue weighted by molar-refractivity contribution is 6.35. The summed E-state index contributed by atoms with van der Waals surface area (Å²) in [4.78, 5) is 17.5. The number of Topliss-reactive ketones (excluding diaryl/α,β-unsaturated/α-hetero) is 1. The SMILES string of the molecule is N#Cc1ccc(-n2cc(Cl)c3cc(C(=O)C4CCCCC(F)CC4)cnc32)cc1. The van der Waals surface area contributed by atoms with Gasteiger partial charge in [-0.1, -0.05) is 24.4 Å². The van der Waals surface area contributed by atoms with E-state index in [2.05, 4.69) is 11.1 Å². The lowest BCUT2D eigenvalue weighted by molar-refractivity contribution is 0.0886. The fourth-order valence-corrected chi connectivity index (χ4v) is 4.26. The van der Waals surface area contributed by atoms with E-state index in [1.807, 2.05) is 16.7 Å². The fraction of sp³-hybridized carbons (Fsp3) is 0.348. The van der Waals surface area contributed by atoms with Gasteiger partial charge in [-0.05, 0) is 56.0 Å². The number of halogens is 2. The minimum atomic E-state index is -0.804. The van der Waals surface area contributed by atoms with E-state index in [-0.39, 0.29) is 11.7 Å². The number of pyridine rings is 1. The molecule has 0 N–H and O–H groups in total. The number of rotatable bonds is 3. The number of alkyl halides is 1. The van der Waals surface area contributed by atoms with Crippen molar-refractivity contribution in [2.24, 2.45) is 5.92 Å². The van der Waals surface area contributed by atoms with Gasteiger partial charge in [0.1, 0.15) is 11.8 Å². The van der Waals surface area contributed by atoms with Crippen molar-refractivity contribution < 1.29 is 9.18 Å². The number of ketones is 1. The molecule has 0 saturated heterocycles.